The van der Waals surface area contributed by atoms with E-state index in [4.69, 9.17) is 0 Å². The van der Waals surface area contributed by atoms with Gasteiger partial charge in [0.2, 0.25) is 0 Å². The van der Waals surface area contributed by atoms with Gasteiger partial charge in [-0.25, -0.2) is 0 Å². The third-order valence-corrected chi connectivity index (χ3v) is 2.68. The van der Waals surface area contributed by atoms with Gasteiger partial charge in [0.1, 0.15) is 12.2 Å². The van der Waals surface area contributed by atoms with Crippen molar-refractivity contribution in [3.8, 4) is 0 Å². The number of rotatable bonds is 3. The van der Waals surface area contributed by atoms with Gasteiger partial charge < -0.3 is 4.57 Å². The van der Waals surface area contributed by atoms with E-state index < -0.39 is 11.7 Å². The quantitative estimate of drug-likeness (QED) is 0.844. The smallest absolute Gasteiger partial charge is 0.318 e. The van der Waals surface area contributed by atoms with Gasteiger partial charge in [-0.05, 0) is 24.6 Å². The van der Waals surface area contributed by atoms with Crippen molar-refractivity contribution in [2.75, 3.05) is 0 Å². The molecule has 0 aliphatic heterocycles. The highest BCUT2D eigenvalue weighted by molar-refractivity contribution is 5.26. The first-order valence-electron chi connectivity index (χ1n) is 5.53. The highest BCUT2D eigenvalue weighted by atomic mass is 19.4. The Morgan fingerprint density at radius 2 is 1.83 bits per heavy atom. The third kappa shape index (κ3) is 2.69. The van der Waals surface area contributed by atoms with Crippen LogP contribution in [0, 0.1) is 0 Å². The summed E-state index contributed by atoms with van der Waals surface area (Å²) in [7, 11) is 0. The third-order valence-electron chi connectivity index (χ3n) is 2.68. The van der Waals surface area contributed by atoms with E-state index in [1.807, 2.05) is 11.5 Å². The Hall–Kier alpha value is -1.85. The fourth-order valence-electron chi connectivity index (χ4n) is 1.67. The molecule has 0 unspecified atom stereocenters. The van der Waals surface area contributed by atoms with Gasteiger partial charge in [-0.15, -0.1) is 10.2 Å². The van der Waals surface area contributed by atoms with Crippen LogP contribution in [-0.4, -0.2) is 14.8 Å². The molecule has 0 fully saturated rings. The van der Waals surface area contributed by atoms with Gasteiger partial charge in [-0.3, -0.25) is 0 Å². The standard InChI is InChI=1S/C12H12F3N3/c1-2-18-8-16-17-11(18)7-9-3-5-10(6-4-9)12(13,14)15/h3-6,8H,2,7H2,1H3. The molecule has 0 amide bonds. The maximum absolute atomic E-state index is 12.4. The molecule has 3 nitrogen and oxygen atoms in total. The molecule has 1 aromatic heterocycles. The van der Waals surface area contributed by atoms with E-state index in [1.165, 1.54) is 12.1 Å². The number of nitrogens with zero attached hydrogens (tertiary/aromatic N) is 3. The average Bonchev–Trinajstić information content (AvgIpc) is 2.76. The maximum Gasteiger partial charge on any atom is 0.416 e. The molecule has 0 N–H and O–H groups in total. The zero-order valence-electron chi connectivity index (χ0n) is 9.78. The van der Waals surface area contributed by atoms with Crippen LogP contribution in [0.1, 0.15) is 23.9 Å². The van der Waals surface area contributed by atoms with Gasteiger partial charge >= 0.3 is 6.18 Å². The van der Waals surface area contributed by atoms with Gasteiger partial charge in [-0.2, -0.15) is 13.2 Å². The van der Waals surface area contributed by atoms with Crippen LogP contribution in [0.15, 0.2) is 30.6 Å². The van der Waals surface area contributed by atoms with Crippen LogP contribution < -0.4 is 0 Å². The normalized spacial score (nSPS) is 11.8. The van der Waals surface area contributed by atoms with Crippen LogP contribution in [-0.2, 0) is 19.1 Å². The number of benzene rings is 1. The molecule has 0 radical (unpaired) electrons. The number of aryl methyl sites for hydroxylation is 1. The lowest BCUT2D eigenvalue weighted by Crippen LogP contribution is -2.05. The van der Waals surface area contributed by atoms with E-state index in [1.54, 1.807) is 6.33 Å². The minimum atomic E-state index is -4.29. The number of aromatic nitrogens is 3. The Balaban J connectivity index is 2.16. The zero-order valence-corrected chi connectivity index (χ0v) is 9.78. The Morgan fingerprint density at radius 3 is 2.39 bits per heavy atom. The fraction of sp³-hybridized carbons (Fsp3) is 0.333. The van der Waals surface area contributed by atoms with Crippen molar-refractivity contribution in [3.05, 3.63) is 47.5 Å². The number of halogens is 3. The Labute approximate surface area is 102 Å². The second kappa shape index (κ2) is 4.80. The molecule has 6 heteroatoms. The molecule has 0 saturated heterocycles. The highest BCUT2D eigenvalue weighted by Gasteiger charge is 2.29. The Bertz CT molecular complexity index is 514. The number of hydrogen-bond donors (Lipinski definition) is 0. The fourth-order valence-corrected chi connectivity index (χ4v) is 1.67. The first kappa shape index (κ1) is 12.6. The van der Waals surface area contributed by atoms with Crippen LogP contribution in [0.5, 0.6) is 0 Å². The maximum atomic E-state index is 12.4. The van der Waals surface area contributed by atoms with Crippen LogP contribution >= 0.6 is 0 Å². The predicted octanol–water partition coefficient (Wildman–Crippen LogP) is 2.91. The summed E-state index contributed by atoms with van der Waals surface area (Å²) in [6.45, 7) is 2.70. The number of alkyl halides is 3. The molecule has 0 atom stereocenters. The highest BCUT2D eigenvalue weighted by Crippen LogP contribution is 2.29. The summed E-state index contributed by atoms with van der Waals surface area (Å²) in [6.07, 6.45) is -2.20. The molecule has 2 rings (SSSR count). The van der Waals surface area contributed by atoms with E-state index >= 15 is 0 Å². The SMILES string of the molecule is CCn1cnnc1Cc1ccc(C(F)(F)F)cc1. The van der Waals surface area contributed by atoms with E-state index in [9.17, 15) is 13.2 Å². The molecule has 1 heterocycles. The molecule has 0 saturated carbocycles. The lowest BCUT2D eigenvalue weighted by molar-refractivity contribution is -0.137. The lowest BCUT2D eigenvalue weighted by atomic mass is 10.1. The van der Waals surface area contributed by atoms with Crippen molar-refractivity contribution in [2.24, 2.45) is 0 Å². The predicted molar refractivity (Wildman–Crippen MR) is 59.9 cm³/mol. The van der Waals surface area contributed by atoms with Crippen molar-refractivity contribution >= 4 is 0 Å². The lowest BCUT2D eigenvalue weighted by Gasteiger charge is -2.07. The van der Waals surface area contributed by atoms with Crippen molar-refractivity contribution in [1.29, 1.82) is 0 Å². The molecular formula is C12H12F3N3. The largest absolute Gasteiger partial charge is 0.416 e. The molecular weight excluding hydrogens is 243 g/mol. The van der Waals surface area contributed by atoms with Gasteiger partial charge in [0.25, 0.3) is 0 Å². The first-order chi connectivity index (χ1) is 8.50. The topological polar surface area (TPSA) is 30.7 Å². The summed E-state index contributed by atoms with van der Waals surface area (Å²) in [5.74, 6) is 0.747. The van der Waals surface area contributed by atoms with Gasteiger partial charge in [0.15, 0.2) is 0 Å². The summed E-state index contributed by atoms with van der Waals surface area (Å²) >= 11 is 0. The van der Waals surface area contributed by atoms with Crippen LogP contribution in [0.3, 0.4) is 0 Å². The van der Waals surface area contributed by atoms with Crippen LogP contribution in [0.25, 0.3) is 0 Å². The van der Waals surface area contributed by atoms with Crippen molar-refractivity contribution in [1.82, 2.24) is 14.8 Å². The van der Waals surface area contributed by atoms with Crippen molar-refractivity contribution < 1.29 is 13.2 Å². The average molecular weight is 255 g/mol. The molecule has 0 aliphatic rings. The molecule has 0 aliphatic carbocycles. The second-order valence-corrected chi connectivity index (χ2v) is 3.90. The monoisotopic (exact) mass is 255 g/mol. The van der Waals surface area contributed by atoms with Crippen LogP contribution in [0.4, 0.5) is 13.2 Å². The zero-order chi connectivity index (χ0) is 13.2. The molecule has 18 heavy (non-hydrogen) atoms. The van der Waals surface area contributed by atoms with E-state index in [0.717, 1.165) is 30.1 Å². The Kier molecular flexibility index (Phi) is 3.36. The summed E-state index contributed by atoms with van der Waals surface area (Å²) in [4.78, 5) is 0. The molecule has 0 bridgehead atoms. The van der Waals surface area contributed by atoms with Crippen molar-refractivity contribution in [3.63, 3.8) is 0 Å². The number of hydrogen-bond acceptors (Lipinski definition) is 2. The Morgan fingerprint density at radius 1 is 1.17 bits per heavy atom. The van der Waals surface area contributed by atoms with E-state index in [-0.39, 0.29) is 0 Å². The molecule has 96 valence electrons. The van der Waals surface area contributed by atoms with E-state index in [0.29, 0.717) is 6.42 Å². The van der Waals surface area contributed by atoms with Gasteiger partial charge in [0.05, 0.1) is 5.56 Å². The summed E-state index contributed by atoms with van der Waals surface area (Å²) in [6, 6.07) is 5.11. The molecule has 1 aromatic carbocycles. The minimum absolute atomic E-state index is 0.478. The van der Waals surface area contributed by atoms with E-state index in [2.05, 4.69) is 10.2 Å². The van der Waals surface area contributed by atoms with Crippen molar-refractivity contribution in [2.45, 2.75) is 26.1 Å². The van der Waals surface area contributed by atoms with Gasteiger partial charge in [-0.1, -0.05) is 12.1 Å². The summed E-state index contributed by atoms with van der Waals surface area (Å²) < 4.78 is 39.0. The summed E-state index contributed by atoms with van der Waals surface area (Å²) in [5, 5.41) is 7.72. The first-order valence-corrected chi connectivity index (χ1v) is 5.53. The summed E-state index contributed by atoms with van der Waals surface area (Å²) in [5.41, 5.74) is 0.147. The molecule has 0 spiro atoms. The van der Waals surface area contributed by atoms with Gasteiger partial charge in [0, 0.05) is 13.0 Å². The molecule has 2 aromatic rings. The van der Waals surface area contributed by atoms with Crippen LogP contribution in [0.2, 0.25) is 0 Å². The second-order valence-electron chi connectivity index (χ2n) is 3.90. The minimum Gasteiger partial charge on any atom is -0.318 e.